The largest absolute Gasteiger partial charge is 0.348 e. The van der Waals surface area contributed by atoms with Crippen molar-refractivity contribution in [3.63, 3.8) is 0 Å². The zero-order valence-corrected chi connectivity index (χ0v) is 12.2. The van der Waals surface area contributed by atoms with Gasteiger partial charge in [0.05, 0.1) is 11.6 Å². The average molecular weight is 278 g/mol. The standard InChI is InChI=1S/C16H23FN2O/c1-11-6-5-9-16(18,10-11)15(20)19-12(2)13-7-3-4-8-14(13)17/h3-4,7-8,11-12H,5-6,9-10,18H2,1-2H3,(H,19,20). The van der Waals surface area contributed by atoms with E-state index in [-0.39, 0.29) is 17.8 Å². The van der Waals surface area contributed by atoms with E-state index in [9.17, 15) is 9.18 Å². The molecule has 20 heavy (non-hydrogen) atoms. The van der Waals surface area contributed by atoms with E-state index in [1.54, 1.807) is 25.1 Å². The molecule has 0 aromatic heterocycles. The second-order valence-corrected chi connectivity index (χ2v) is 6.07. The predicted molar refractivity (Wildman–Crippen MR) is 77.5 cm³/mol. The molecule has 1 saturated carbocycles. The fourth-order valence-corrected chi connectivity index (χ4v) is 3.04. The van der Waals surface area contributed by atoms with Crippen LogP contribution in [-0.4, -0.2) is 11.4 Å². The fraction of sp³-hybridized carbons (Fsp3) is 0.562. The first-order chi connectivity index (χ1) is 9.42. The highest BCUT2D eigenvalue weighted by Crippen LogP contribution is 2.31. The molecule has 1 amide bonds. The van der Waals surface area contributed by atoms with Gasteiger partial charge in [-0.05, 0) is 31.7 Å². The van der Waals surface area contributed by atoms with E-state index in [2.05, 4.69) is 12.2 Å². The summed E-state index contributed by atoms with van der Waals surface area (Å²) in [5.74, 6) is -0.00791. The molecule has 0 aliphatic heterocycles. The number of rotatable bonds is 3. The summed E-state index contributed by atoms with van der Waals surface area (Å²) in [6.07, 6.45) is 3.49. The van der Waals surface area contributed by atoms with Gasteiger partial charge >= 0.3 is 0 Å². The van der Waals surface area contributed by atoms with Crippen molar-refractivity contribution in [3.05, 3.63) is 35.6 Å². The van der Waals surface area contributed by atoms with Crippen LogP contribution in [0.1, 0.15) is 51.1 Å². The van der Waals surface area contributed by atoms with Gasteiger partial charge in [-0.3, -0.25) is 4.79 Å². The predicted octanol–water partition coefficient (Wildman–Crippen LogP) is 2.91. The summed E-state index contributed by atoms with van der Waals surface area (Å²) in [4.78, 5) is 12.4. The van der Waals surface area contributed by atoms with Gasteiger partial charge in [0, 0.05) is 5.56 Å². The van der Waals surface area contributed by atoms with Crippen LogP contribution < -0.4 is 11.1 Å². The molecule has 0 heterocycles. The van der Waals surface area contributed by atoms with Crippen LogP contribution in [0.25, 0.3) is 0 Å². The van der Waals surface area contributed by atoms with Gasteiger partial charge in [-0.15, -0.1) is 0 Å². The number of hydrogen-bond donors (Lipinski definition) is 2. The van der Waals surface area contributed by atoms with E-state index < -0.39 is 5.54 Å². The van der Waals surface area contributed by atoms with Crippen LogP contribution in [0.2, 0.25) is 0 Å². The lowest BCUT2D eigenvalue weighted by Gasteiger charge is -2.36. The molecule has 0 radical (unpaired) electrons. The molecule has 2 rings (SSSR count). The van der Waals surface area contributed by atoms with Gasteiger partial charge in [0.25, 0.3) is 0 Å². The van der Waals surface area contributed by atoms with E-state index >= 15 is 0 Å². The molecule has 4 heteroatoms. The van der Waals surface area contributed by atoms with E-state index in [0.29, 0.717) is 24.3 Å². The first kappa shape index (κ1) is 15.0. The molecular formula is C16H23FN2O. The van der Waals surface area contributed by atoms with Crippen molar-refractivity contribution in [3.8, 4) is 0 Å². The monoisotopic (exact) mass is 278 g/mol. The van der Waals surface area contributed by atoms with Crippen LogP contribution in [0.4, 0.5) is 4.39 Å². The van der Waals surface area contributed by atoms with Gasteiger partial charge in [0.1, 0.15) is 5.82 Å². The van der Waals surface area contributed by atoms with Gasteiger partial charge in [-0.25, -0.2) is 4.39 Å². The smallest absolute Gasteiger partial charge is 0.240 e. The number of halogens is 1. The Balaban J connectivity index is 2.06. The maximum atomic E-state index is 13.7. The average Bonchev–Trinajstić information content (AvgIpc) is 2.38. The molecule has 3 atom stereocenters. The molecule has 0 saturated heterocycles. The Morgan fingerprint density at radius 1 is 1.50 bits per heavy atom. The molecule has 1 aliphatic rings. The van der Waals surface area contributed by atoms with Crippen molar-refractivity contribution in [2.75, 3.05) is 0 Å². The van der Waals surface area contributed by atoms with Gasteiger partial charge in [-0.2, -0.15) is 0 Å². The highest BCUT2D eigenvalue weighted by Gasteiger charge is 2.38. The molecule has 1 aromatic carbocycles. The zero-order chi connectivity index (χ0) is 14.8. The number of carbonyl (C=O) groups excluding carboxylic acids is 1. The Hall–Kier alpha value is -1.42. The Morgan fingerprint density at radius 3 is 2.85 bits per heavy atom. The number of amides is 1. The number of benzene rings is 1. The minimum atomic E-state index is -0.808. The number of nitrogens with two attached hydrogens (primary N) is 1. The summed E-state index contributed by atoms with van der Waals surface area (Å²) < 4.78 is 13.7. The Kier molecular flexibility index (Phi) is 4.43. The molecule has 1 aliphatic carbocycles. The van der Waals surface area contributed by atoms with Crippen molar-refractivity contribution in [1.82, 2.24) is 5.32 Å². The summed E-state index contributed by atoms with van der Waals surface area (Å²) in [5.41, 5.74) is 5.94. The Bertz CT molecular complexity index is 491. The van der Waals surface area contributed by atoms with Gasteiger partial charge < -0.3 is 11.1 Å². The SMILES string of the molecule is CC1CCCC(N)(C(=O)NC(C)c2ccccc2F)C1. The van der Waals surface area contributed by atoms with Crippen molar-refractivity contribution in [2.45, 2.75) is 51.1 Å². The van der Waals surface area contributed by atoms with Crippen molar-refractivity contribution in [2.24, 2.45) is 11.7 Å². The van der Waals surface area contributed by atoms with Gasteiger partial charge in [-0.1, -0.05) is 38.0 Å². The molecule has 3 N–H and O–H groups in total. The molecule has 1 fully saturated rings. The Morgan fingerprint density at radius 2 is 2.20 bits per heavy atom. The minimum Gasteiger partial charge on any atom is -0.348 e. The van der Waals surface area contributed by atoms with Crippen LogP contribution in [0.3, 0.4) is 0 Å². The highest BCUT2D eigenvalue weighted by molar-refractivity contribution is 5.86. The molecule has 1 aromatic rings. The van der Waals surface area contributed by atoms with Gasteiger partial charge in [0.15, 0.2) is 0 Å². The zero-order valence-electron chi connectivity index (χ0n) is 12.2. The van der Waals surface area contributed by atoms with E-state index in [1.165, 1.54) is 6.07 Å². The maximum absolute atomic E-state index is 13.7. The second-order valence-electron chi connectivity index (χ2n) is 6.07. The van der Waals surface area contributed by atoms with Crippen LogP contribution in [0.5, 0.6) is 0 Å². The van der Waals surface area contributed by atoms with Crippen LogP contribution in [0.15, 0.2) is 24.3 Å². The lowest BCUT2D eigenvalue weighted by molar-refractivity contribution is -0.128. The van der Waals surface area contributed by atoms with Crippen molar-refractivity contribution < 1.29 is 9.18 Å². The first-order valence-corrected chi connectivity index (χ1v) is 7.26. The third-order valence-electron chi connectivity index (χ3n) is 4.20. The second kappa shape index (κ2) is 5.92. The molecule has 110 valence electrons. The molecular weight excluding hydrogens is 255 g/mol. The molecule has 0 bridgehead atoms. The summed E-state index contributed by atoms with van der Waals surface area (Å²) >= 11 is 0. The number of hydrogen-bond acceptors (Lipinski definition) is 2. The van der Waals surface area contributed by atoms with Crippen LogP contribution in [0, 0.1) is 11.7 Å². The van der Waals surface area contributed by atoms with E-state index in [0.717, 1.165) is 12.8 Å². The van der Waals surface area contributed by atoms with E-state index in [1.807, 2.05) is 0 Å². The third-order valence-corrected chi connectivity index (χ3v) is 4.20. The maximum Gasteiger partial charge on any atom is 0.240 e. The normalized spacial score (nSPS) is 27.9. The summed E-state index contributed by atoms with van der Waals surface area (Å²) in [6, 6.07) is 6.12. The molecule has 3 unspecified atom stereocenters. The lowest BCUT2D eigenvalue weighted by atomic mass is 9.76. The topological polar surface area (TPSA) is 55.1 Å². The number of carbonyl (C=O) groups is 1. The highest BCUT2D eigenvalue weighted by atomic mass is 19.1. The first-order valence-electron chi connectivity index (χ1n) is 7.26. The summed E-state index contributed by atoms with van der Waals surface area (Å²) in [5, 5.41) is 2.86. The fourth-order valence-electron chi connectivity index (χ4n) is 3.04. The molecule has 3 nitrogen and oxygen atoms in total. The van der Waals surface area contributed by atoms with Gasteiger partial charge in [0.2, 0.25) is 5.91 Å². The van der Waals surface area contributed by atoms with Crippen LogP contribution >= 0.6 is 0 Å². The number of nitrogens with one attached hydrogen (secondary N) is 1. The minimum absolute atomic E-state index is 0.167. The Labute approximate surface area is 119 Å². The molecule has 0 spiro atoms. The van der Waals surface area contributed by atoms with Crippen LogP contribution in [-0.2, 0) is 4.79 Å². The lowest BCUT2D eigenvalue weighted by Crippen LogP contribution is -2.56. The van der Waals surface area contributed by atoms with Crippen molar-refractivity contribution in [1.29, 1.82) is 0 Å². The summed E-state index contributed by atoms with van der Waals surface area (Å²) in [6.45, 7) is 3.90. The quantitative estimate of drug-likeness (QED) is 0.893. The summed E-state index contributed by atoms with van der Waals surface area (Å²) in [7, 11) is 0. The van der Waals surface area contributed by atoms with Crippen molar-refractivity contribution >= 4 is 5.91 Å². The van der Waals surface area contributed by atoms with E-state index in [4.69, 9.17) is 5.73 Å². The third kappa shape index (κ3) is 3.18.